The Morgan fingerprint density at radius 2 is 2.19 bits per heavy atom. The molecule has 2 atom stereocenters. The molecule has 1 amide bonds. The van der Waals surface area contributed by atoms with Crippen molar-refractivity contribution in [1.82, 2.24) is 9.88 Å². The average molecular weight is 294 g/mol. The van der Waals surface area contributed by atoms with E-state index < -0.39 is 12.1 Å². The van der Waals surface area contributed by atoms with Crippen molar-refractivity contribution in [2.45, 2.75) is 26.0 Å². The molecule has 1 aromatic heterocycles. The van der Waals surface area contributed by atoms with Crippen molar-refractivity contribution in [3.8, 4) is 0 Å². The Morgan fingerprint density at radius 3 is 2.76 bits per heavy atom. The number of carboxylic acids is 1. The van der Waals surface area contributed by atoms with Crippen LogP contribution in [0.3, 0.4) is 0 Å². The molecule has 0 bridgehead atoms. The second kappa shape index (κ2) is 6.19. The number of hydrogen-bond donors (Lipinski definition) is 2. The van der Waals surface area contributed by atoms with Crippen LogP contribution in [0.5, 0.6) is 0 Å². The Bertz CT molecular complexity index is 560. The fourth-order valence-corrected chi connectivity index (χ4v) is 2.26. The van der Waals surface area contributed by atoms with Crippen molar-refractivity contribution in [2.24, 2.45) is 0 Å². The fraction of sp³-hybridized carbons (Fsp3) is 0.500. The summed E-state index contributed by atoms with van der Waals surface area (Å²) >= 11 is 0. The highest BCUT2D eigenvalue weighted by atomic mass is 16.5. The van der Waals surface area contributed by atoms with Crippen molar-refractivity contribution in [3.63, 3.8) is 0 Å². The zero-order valence-electron chi connectivity index (χ0n) is 11.9. The number of morpholine rings is 1. The normalized spacial score (nSPS) is 22.1. The first-order valence-electron chi connectivity index (χ1n) is 6.68. The molecule has 0 radical (unpaired) electrons. The van der Waals surface area contributed by atoms with E-state index >= 15 is 0 Å². The Kier molecular flexibility index (Phi) is 4.54. The second-order valence-electron chi connectivity index (χ2n) is 5.08. The third kappa shape index (κ3) is 3.20. The number of aliphatic hydroxyl groups is 1. The van der Waals surface area contributed by atoms with E-state index in [-0.39, 0.29) is 36.4 Å². The Hall–Kier alpha value is -1.99. The van der Waals surface area contributed by atoms with Gasteiger partial charge in [-0.3, -0.25) is 4.79 Å². The summed E-state index contributed by atoms with van der Waals surface area (Å²) in [6, 6.07) is 2.67. The molecule has 2 N–H and O–H groups in total. The van der Waals surface area contributed by atoms with Crippen LogP contribution in [0.4, 0.5) is 0 Å². The van der Waals surface area contributed by atoms with Gasteiger partial charge >= 0.3 is 5.97 Å². The SMILES string of the molecule is Cc1nc(C(=O)N2CC(CO)OCC2C)ccc1C(=O)O. The largest absolute Gasteiger partial charge is 0.478 e. The number of pyridine rings is 1. The number of rotatable bonds is 3. The molecule has 1 aromatic rings. The van der Waals surface area contributed by atoms with Gasteiger partial charge in [0.05, 0.1) is 36.6 Å². The third-order valence-corrected chi connectivity index (χ3v) is 3.51. The number of aryl methyl sites for hydroxylation is 1. The van der Waals surface area contributed by atoms with Crippen LogP contribution in [0.15, 0.2) is 12.1 Å². The van der Waals surface area contributed by atoms with Crippen LogP contribution >= 0.6 is 0 Å². The first kappa shape index (κ1) is 15.4. The topological polar surface area (TPSA) is 100.0 Å². The zero-order chi connectivity index (χ0) is 15.6. The van der Waals surface area contributed by atoms with E-state index in [9.17, 15) is 9.59 Å². The third-order valence-electron chi connectivity index (χ3n) is 3.51. The number of aromatic carboxylic acids is 1. The van der Waals surface area contributed by atoms with Gasteiger partial charge in [-0.15, -0.1) is 0 Å². The summed E-state index contributed by atoms with van der Waals surface area (Å²) in [6.07, 6.45) is -0.399. The van der Waals surface area contributed by atoms with Crippen LogP contribution in [0, 0.1) is 6.92 Å². The van der Waals surface area contributed by atoms with Gasteiger partial charge in [0, 0.05) is 6.54 Å². The van der Waals surface area contributed by atoms with E-state index in [0.29, 0.717) is 12.3 Å². The first-order valence-corrected chi connectivity index (χ1v) is 6.68. The zero-order valence-corrected chi connectivity index (χ0v) is 11.9. The number of ether oxygens (including phenoxy) is 1. The van der Waals surface area contributed by atoms with Crippen LogP contribution in [-0.2, 0) is 4.74 Å². The summed E-state index contributed by atoms with van der Waals surface area (Å²) in [6.45, 7) is 3.89. The number of aliphatic hydroxyl groups excluding tert-OH is 1. The molecule has 21 heavy (non-hydrogen) atoms. The van der Waals surface area contributed by atoms with Gasteiger partial charge in [-0.1, -0.05) is 0 Å². The van der Waals surface area contributed by atoms with Crippen molar-refractivity contribution in [2.75, 3.05) is 19.8 Å². The first-order chi connectivity index (χ1) is 9.93. The summed E-state index contributed by atoms with van der Waals surface area (Å²) in [5.41, 5.74) is 0.575. The number of carbonyl (C=O) groups excluding carboxylic acids is 1. The molecule has 0 spiro atoms. The highest BCUT2D eigenvalue weighted by Gasteiger charge is 2.30. The maximum atomic E-state index is 12.5. The summed E-state index contributed by atoms with van der Waals surface area (Å²) in [7, 11) is 0. The number of nitrogens with zero attached hydrogens (tertiary/aromatic N) is 2. The molecule has 7 heteroatoms. The van der Waals surface area contributed by atoms with Crippen LogP contribution in [0.25, 0.3) is 0 Å². The summed E-state index contributed by atoms with van der Waals surface area (Å²) < 4.78 is 5.39. The minimum atomic E-state index is -1.07. The van der Waals surface area contributed by atoms with Gasteiger partial charge in [0.15, 0.2) is 0 Å². The van der Waals surface area contributed by atoms with E-state index in [1.54, 1.807) is 11.8 Å². The monoisotopic (exact) mass is 294 g/mol. The van der Waals surface area contributed by atoms with E-state index in [4.69, 9.17) is 14.9 Å². The minimum Gasteiger partial charge on any atom is -0.478 e. The standard InChI is InChI=1S/C14H18N2O5/c1-8-7-21-10(6-17)5-16(8)13(18)12-4-3-11(14(19)20)9(2)15-12/h3-4,8,10,17H,5-7H2,1-2H3,(H,19,20). The smallest absolute Gasteiger partial charge is 0.337 e. The van der Waals surface area contributed by atoms with E-state index in [2.05, 4.69) is 4.98 Å². The Balaban J connectivity index is 2.22. The van der Waals surface area contributed by atoms with Crippen molar-refractivity contribution in [3.05, 3.63) is 29.1 Å². The maximum absolute atomic E-state index is 12.5. The van der Waals surface area contributed by atoms with E-state index in [1.807, 2.05) is 6.92 Å². The average Bonchev–Trinajstić information content (AvgIpc) is 2.46. The molecule has 0 aromatic carbocycles. The van der Waals surface area contributed by atoms with Gasteiger partial charge in [0.1, 0.15) is 5.69 Å². The van der Waals surface area contributed by atoms with Gasteiger partial charge in [-0.2, -0.15) is 0 Å². The fourth-order valence-electron chi connectivity index (χ4n) is 2.26. The molecule has 114 valence electrons. The Morgan fingerprint density at radius 1 is 1.48 bits per heavy atom. The van der Waals surface area contributed by atoms with Gasteiger partial charge in [-0.05, 0) is 26.0 Å². The van der Waals surface area contributed by atoms with Gasteiger partial charge in [0.2, 0.25) is 0 Å². The van der Waals surface area contributed by atoms with Crippen LogP contribution in [0.1, 0.15) is 33.5 Å². The lowest BCUT2D eigenvalue weighted by atomic mass is 10.1. The second-order valence-corrected chi connectivity index (χ2v) is 5.08. The molecule has 1 aliphatic heterocycles. The molecule has 1 saturated heterocycles. The molecular formula is C14H18N2O5. The van der Waals surface area contributed by atoms with Gasteiger partial charge < -0.3 is 19.8 Å². The molecule has 0 saturated carbocycles. The number of carboxylic acid groups (broad SMARTS) is 1. The predicted molar refractivity (Wildman–Crippen MR) is 73.3 cm³/mol. The molecular weight excluding hydrogens is 276 g/mol. The Labute approximate surface area is 122 Å². The molecule has 2 rings (SSSR count). The molecule has 2 heterocycles. The highest BCUT2D eigenvalue weighted by Crippen LogP contribution is 2.16. The van der Waals surface area contributed by atoms with Gasteiger partial charge in [0.25, 0.3) is 5.91 Å². The maximum Gasteiger partial charge on any atom is 0.337 e. The van der Waals surface area contributed by atoms with Crippen LogP contribution in [-0.4, -0.2) is 63.9 Å². The molecule has 7 nitrogen and oxygen atoms in total. The lowest BCUT2D eigenvalue weighted by Crippen LogP contribution is -2.52. The quantitative estimate of drug-likeness (QED) is 0.832. The molecule has 2 unspecified atom stereocenters. The van der Waals surface area contributed by atoms with Crippen LogP contribution in [0.2, 0.25) is 0 Å². The summed E-state index contributed by atoms with van der Waals surface area (Å²) in [5, 5.41) is 18.1. The highest BCUT2D eigenvalue weighted by molar-refractivity contribution is 5.94. The number of carbonyl (C=O) groups is 2. The summed E-state index contributed by atoms with van der Waals surface area (Å²) in [4.78, 5) is 29.1. The van der Waals surface area contributed by atoms with Gasteiger partial charge in [-0.25, -0.2) is 9.78 Å². The van der Waals surface area contributed by atoms with Crippen molar-refractivity contribution >= 4 is 11.9 Å². The van der Waals surface area contributed by atoms with E-state index in [0.717, 1.165) is 0 Å². The van der Waals surface area contributed by atoms with Crippen LogP contribution < -0.4 is 0 Å². The molecule has 0 aliphatic carbocycles. The molecule has 1 aliphatic rings. The minimum absolute atomic E-state index is 0.0785. The number of amides is 1. The van der Waals surface area contributed by atoms with Crippen molar-refractivity contribution in [1.29, 1.82) is 0 Å². The number of hydrogen-bond acceptors (Lipinski definition) is 5. The lowest BCUT2D eigenvalue weighted by molar-refractivity contribution is -0.0668. The molecule has 1 fully saturated rings. The lowest BCUT2D eigenvalue weighted by Gasteiger charge is -2.37. The predicted octanol–water partition coefficient (Wildman–Crippen LogP) is 0.310. The summed E-state index contributed by atoms with van der Waals surface area (Å²) in [5.74, 6) is -1.36. The van der Waals surface area contributed by atoms with E-state index in [1.165, 1.54) is 12.1 Å². The number of aromatic nitrogens is 1. The van der Waals surface area contributed by atoms with Crippen molar-refractivity contribution < 1.29 is 24.5 Å².